The molecule has 4 heteroatoms. The largest absolute Gasteiger partial charge is 0.489 e. The molecule has 0 aliphatic carbocycles. The molecule has 0 spiro atoms. The smallest absolute Gasteiger partial charge is 0.231 e. The van der Waals surface area contributed by atoms with Gasteiger partial charge in [0.1, 0.15) is 12.4 Å². The van der Waals surface area contributed by atoms with E-state index in [1.165, 1.54) is 0 Å². The Labute approximate surface area is 160 Å². The zero-order valence-electron chi connectivity index (χ0n) is 15.7. The number of carbonyl (C=O) groups is 1. The van der Waals surface area contributed by atoms with Crippen LogP contribution in [0.25, 0.3) is 0 Å². The van der Waals surface area contributed by atoms with Gasteiger partial charge in [-0.05, 0) is 42.7 Å². The lowest BCUT2D eigenvalue weighted by Crippen LogP contribution is -2.21. The minimum absolute atomic E-state index is 0.00351. The van der Waals surface area contributed by atoms with Crippen LogP contribution in [0.5, 0.6) is 5.75 Å². The van der Waals surface area contributed by atoms with E-state index in [0.29, 0.717) is 12.4 Å². The summed E-state index contributed by atoms with van der Waals surface area (Å²) < 4.78 is 5.81. The van der Waals surface area contributed by atoms with Crippen LogP contribution in [0.3, 0.4) is 0 Å². The monoisotopic (exact) mass is 360 g/mol. The summed E-state index contributed by atoms with van der Waals surface area (Å²) in [6.07, 6.45) is 4.26. The molecular weight excluding hydrogens is 336 g/mol. The van der Waals surface area contributed by atoms with Crippen molar-refractivity contribution in [2.75, 3.05) is 5.32 Å². The first-order chi connectivity index (χ1) is 13.2. The number of rotatable bonds is 7. The van der Waals surface area contributed by atoms with Crippen molar-refractivity contribution in [3.63, 3.8) is 0 Å². The molecule has 0 aliphatic heterocycles. The van der Waals surface area contributed by atoms with Gasteiger partial charge < -0.3 is 10.1 Å². The number of carbonyl (C=O) groups excluding carboxylic acids is 1. The summed E-state index contributed by atoms with van der Waals surface area (Å²) in [7, 11) is 0. The maximum Gasteiger partial charge on any atom is 0.231 e. The lowest BCUT2D eigenvalue weighted by Gasteiger charge is -2.18. The summed E-state index contributed by atoms with van der Waals surface area (Å²) in [6.45, 7) is 4.51. The number of hydrogen-bond donors (Lipinski definition) is 1. The van der Waals surface area contributed by atoms with Gasteiger partial charge in [0.15, 0.2) is 0 Å². The second-order valence-corrected chi connectivity index (χ2v) is 6.48. The zero-order chi connectivity index (χ0) is 19.1. The quantitative estimate of drug-likeness (QED) is 0.638. The Morgan fingerprint density at radius 3 is 2.70 bits per heavy atom. The van der Waals surface area contributed by atoms with E-state index >= 15 is 0 Å². The molecule has 1 heterocycles. The number of nitrogens with zero attached hydrogens (tertiary/aromatic N) is 1. The maximum atomic E-state index is 12.8. The molecule has 0 saturated heterocycles. The fraction of sp³-hybridized carbons (Fsp3) is 0.217. The number of ether oxygens (including phenoxy) is 1. The van der Waals surface area contributed by atoms with Crippen LogP contribution in [0.4, 0.5) is 5.69 Å². The minimum Gasteiger partial charge on any atom is -0.489 e. The SMILES string of the molecule is CCC(C(=O)Nc1cccc(OCc2cccnc2)c1)c1ccccc1C. The second kappa shape index (κ2) is 8.99. The fourth-order valence-electron chi connectivity index (χ4n) is 3.07. The number of hydrogen-bond acceptors (Lipinski definition) is 3. The van der Waals surface area contributed by atoms with Gasteiger partial charge in [-0.25, -0.2) is 0 Å². The van der Waals surface area contributed by atoms with E-state index in [1.54, 1.807) is 12.4 Å². The molecule has 0 saturated carbocycles. The predicted molar refractivity (Wildman–Crippen MR) is 108 cm³/mol. The summed E-state index contributed by atoms with van der Waals surface area (Å²) in [5.74, 6) is 0.531. The summed E-state index contributed by atoms with van der Waals surface area (Å²) in [6, 6.07) is 19.4. The highest BCUT2D eigenvalue weighted by molar-refractivity contribution is 5.96. The molecule has 1 amide bonds. The van der Waals surface area contributed by atoms with E-state index in [1.807, 2.05) is 74.5 Å². The van der Waals surface area contributed by atoms with E-state index in [9.17, 15) is 4.79 Å². The topological polar surface area (TPSA) is 51.2 Å². The molecule has 1 N–H and O–H groups in total. The lowest BCUT2D eigenvalue weighted by atomic mass is 9.92. The third-order valence-electron chi connectivity index (χ3n) is 4.52. The average molecular weight is 360 g/mol. The van der Waals surface area contributed by atoms with Crippen LogP contribution in [-0.2, 0) is 11.4 Å². The van der Waals surface area contributed by atoms with Gasteiger partial charge in [0.25, 0.3) is 0 Å². The summed E-state index contributed by atoms with van der Waals surface area (Å²) in [5.41, 5.74) is 3.93. The van der Waals surface area contributed by atoms with E-state index in [-0.39, 0.29) is 11.8 Å². The molecule has 3 rings (SSSR count). The molecule has 27 heavy (non-hydrogen) atoms. The molecule has 3 aromatic rings. The van der Waals surface area contributed by atoms with Gasteiger partial charge in [0.2, 0.25) is 5.91 Å². The maximum absolute atomic E-state index is 12.8. The number of amides is 1. The zero-order valence-corrected chi connectivity index (χ0v) is 15.7. The van der Waals surface area contributed by atoms with Crippen molar-refractivity contribution >= 4 is 11.6 Å². The number of aryl methyl sites for hydroxylation is 1. The first-order valence-electron chi connectivity index (χ1n) is 9.15. The highest BCUT2D eigenvalue weighted by Crippen LogP contribution is 2.26. The number of aromatic nitrogens is 1. The van der Waals surface area contributed by atoms with E-state index in [2.05, 4.69) is 10.3 Å². The van der Waals surface area contributed by atoms with Crippen molar-refractivity contribution < 1.29 is 9.53 Å². The number of benzene rings is 2. The van der Waals surface area contributed by atoms with Crippen LogP contribution in [0.2, 0.25) is 0 Å². The third-order valence-corrected chi connectivity index (χ3v) is 4.52. The molecule has 0 fully saturated rings. The molecule has 1 atom stereocenters. The van der Waals surface area contributed by atoms with Crippen LogP contribution in [0.1, 0.15) is 36.0 Å². The number of anilines is 1. The van der Waals surface area contributed by atoms with E-state index in [4.69, 9.17) is 4.74 Å². The van der Waals surface area contributed by atoms with Crippen LogP contribution in [-0.4, -0.2) is 10.9 Å². The Kier molecular flexibility index (Phi) is 6.21. The summed E-state index contributed by atoms with van der Waals surface area (Å²) in [5, 5.41) is 3.03. The highest BCUT2D eigenvalue weighted by Gasteiger charge is 2.20. The first kappa shape index (κ1) is 18.6. The molecule has 138 valence electrons. The molecule has 0 bridgehead atoms. The number of nitrogens with one attached hydrogen (secondary N) is 1. The van der Waals surface area contributed by atoms with Crippen molar-refractivity contribution in [3.8, 4) is 5.75 Å². The Balaban J connectivity index is 1.68. The van der Waals surface area contributed by atoms with Crippen molar-refractivity contribution in [1.82, 2.24) is 4.98 Å². The normalized spacial score (nSPS) is 11.6. The number of pyridine rings is 1. The molecular formula is C23H24N2O2. The van der Waals surface area contributed by atoms with Gasteiger partial charge >= 0.3 is 0 Å². The Bertz CT molecular complexity index is 894. The van der Waals surface area contributed by atoms with Crippen molar-refractivity contribution in [2.24, 2.45) is 0 Å². The predicted octanol–water partition coefficient (Wildman–Crippen LogP) is 5.10. The summed E-state index contributed by atoms with van der Waals surface area (Å²) >= 11 is 0. The molecule has 1 aromatic heterocycles. The fourth-order valence-corrected chi connectivity index (χ4v) is 3.07. The van der Waals surface area contributed by atoms with Crippen LogP contribution >= 0.6 is 0 Å². The van der Waals surface area contributed by atoms with Crippen molar-refractivity contribution in [3.05, 3.63) is 89.7 Å². The van der Waals surface area contributed by atoms with Gasteiger partial charge in [0, 0.05) is 29.7 Å². The first-order valence-corrected chi connectivity index (χ1v) is 9.15. The molecule has 1 unspecified atom stereocenters. The molecule has 4 nitrogen and oxygen atoms in total. The molecule has 0 radical (unpaired) electrons. The minimum atomic E-state index is -0.175. The molecule has 2 aromatic carbocycles. The second-order valence-electron chi connectivity index (χ2n) is 6.48. The van der Waals surface area contributed by atoms with Gasteiger partial charge in [-0.1, -0.05) is 43.3 Å². The Morgan fingerprint density at radius 2 is 1.96 bits per heavy atom. The Hall–Kier alpha value is -3.14. The van der Waals surface area contributed by atoms with Crippen LogP contribution in [0.15, 0.2) is 73.1 Å². The van der Waals surface area contributed by atoms with Crippen LogP contribution in [0, 0.1) is 6.92 Å². The summed E-state index contributed by atoms with van der Waals surface area (Å²) in [4.78, 5) is 16.9. The third kappa shape index (κ3) is 4.94. The molecule has 0 aliphatic rings. The van der Waals surface area contributed by atoms with Crippen molar-refractivity contribution in [1.29, 1.82) is 0 Å². The van der Waals surface area contributed by atoms with Gasteiger partial charge in [0.05, 0.1) is 5.92 Å². The van der Waals surface area contributed by atoms with E-state index < -0.39 is 0 Å². The standard InChI is InChI=1S/C23H24N2O2/c1-3-21(22-12-5-4-8-17(22)2)23(26)25-19-10-6-11-20(14-19)27-16-18-9-7-13-24-15-18/h4-15,21H,3,16H2,1-2H3,(H,25,26). The average Bonchev–Trinajstić information content (AvgIpc) is 2.69. The highest BCUT2D eigenvalue weighted by atomic mass is 16.5. The van der Waals surface area contributed by atoms with Gasteiger partial charge in [-0.3, -0.25) is 9.78 Å². The lowest BCUT2D eigenvalue weighted by molar-refractivity contribution is -0.117. The van der Waals surface area contributed by atoms with Crippen LogP contribution < -0.4 is 10.1 Å². The Morgan fingerprint density at radius 1 is 1.11 bits per heavy atom. The van der Waals surface area contributed by atoms with E-state index in [0.717, 1.165) is 28.8 Å². The van der Waals surface area contributed by atoms with Gasteiger partial charge in [-0.2, -0.15) is 0 Å². The van der Waals surface area contributed by atoms with Crippen molar-refractivity contribution in [2.45, 2.75) is 32.8 Å². The van der Waals surface area contributed by atoms with Gasteiger partial charge in [-0.15, -0.1) is 0 Å².